The van der Waals surface area contributed by atoms with Gasteiger partial charge in [-0.15, -0.1) is 0 Å². The lowest BCUT2D eigenvalue weighted by molar-refractivity contribution is 0.128. The molecule has 1 aromatic heterocycles. The summed E-state index contributed by atoms with van der Waals surface area (Å²) in [6.45, 7) is 4.68. The van der Waals surface area contributed by atoms with E-state index in [1.165, 1.54) is 0 Å². The predicted octanol–water partition coefficient (Wildman–Crippen LogP) is 1.03. The van der Waals surface area contributed by atoms with Gasteiger partial charge in [0.25, 0.3) is 0 Å². The van der Waals surface area contributed by atoms with Gasteiger partial charge in [-0.05, 0) is 18.6 Å². The molecule has 0 spiro atoms. The van der Waals surface area contributed by atoms with E-state index >= 15 is 0 Å². The van der Waals surface area contributed by atoms with Gasteiger partial charge in [-0.25, -0.2) is 0 Å². The summed E-state index contributed by atoms with van der Waals surface area (Å²) < 4.78 is 10.2. The summed E-state index contributed by atoms with van der Waals surface area (Å²) in [5.74, 6) is 0. The Morgan fingerprint density at radius 2 is 1.84 bits per heavy atom. The number of aromatic nitrogens is 1. The number of hydrogen-bond donors (Lipinski definition) is 1. The summed E-state index contributed by atoms with van der Waals surface area (Å²) in [7, 11) is 3.45. The van der Waals surface area contributed by atoms with Crippen molar-refractivity contribution in [2.45, 2.75) is 19.5 Å². The van der Waals surface area contributed by atoms with Crippen LogP contribution in [0, 0.1) is 0 Å². The van der Waals surface area contributed by atoms with Crippen LogP contribution in [0.2, 0.25) is 0 Å². The number of nitrogens with zero attached hydrogens (tertiary/aromatic N) is 2. The number of nitrogens with two attached hydrogens (primary N) is 1. The lowest BCUT2D eigenvalue weighted by Gasteiger charge is -2.21. The standard InChI is InChI=1S/C14H25N3O2/c1-18-9-4-7-17(8-10-19-2)12-14-6-3-5-13(11-15)16-14/h3,5-6H,4,7-12,15H2,1-2H3. The summed E-state index contributed by atoms with van der Waals surface area (Å²) in [6.07, 6.45) is 1.01. The first-order valence-electron chi connectivity index (χ1n) is 6.65. The molecule has 5 heteroatoms. The molecule has 0 saturated carbocycles. The first kappa shape index (κ1) is 16.0. The van der Waals surface area contributed by atoms with Gasteiger partial charge in [-0.1, -0.05) is 6.07 Å². The monoisotopic (exact) mass is 267 g/mol. The highest BCUT2D eigenvalue weighted by Gasteiger charge is 2.07. The van der Waals surface area contributed by atoms with Gasteiger partial charge in [-0.3, -0.25) is 9.88 Å². The van der Waals surface area contributed by atoms with Crippen LogP contribution in [0.4, 0.5) is 0 Å². The van der Waals surface area contributed by atoms with E-state index in [9.17, 15) is 0 Å². The summed E-state index contributed by atoms with van der Waals surface area (Å²) in [4.78, 5) is 6.85. The molecule has 0 aliphatic heterocycles. The molecule has 0 atom stereocenters. The third-order valence-corrected chi connectivity index (χ3v) is 2.89. The number of pyridine rings is 1. The van der Waals surface area contributed by atoms with Crippen molar-refractivity contribution >= 4 is 0 Å². The second kappa shape index (κ2) is 9.86. The lowest BCUT2D eigenvalue weighted by atomic mass is 10.2. The molecule has 2 N–H and O–H groups in total. The van der Waals surface area contributed by atoms with Crippen LogP contribution in [-0.2, 0) is 22.6 Å². The minimum atomic E-state index is 0.482. The summed E-state index contributed by atoms with van der Waals surface area (Å²) in [5.41, 5.74) is 7.60. The maximum Gasteiger partial charge on any atom is 0.0589 e. The van der Waals surface area contributed by atoms with E-state index in [0.29, 0.717) is 6.54 Å². The van der Waals surface area contributed by atoms with Crippen LogP contribution in [0.1, 0.15) is 17.8 Å². The van der Waals surface area contributed by atoms with Crippen molar-refractivity contribution in [1.29, 1.82) is 0 Å². The molecule has 1 heterocycles. The Kier molecular flexibility index (Phi) is 8.33. The molecule has 0 aliphatic rings. The normalized spacial score (nSPS) is 11.2. The first-order valence-corrected chi connectivity index (χ1v) is 6.65. The molecule has 0 aliphatic carbocycles. The predicted molar refractivity (Wildman–Crippen MR) is 75.8 cm³/mol. The molecule has 0 bridgehead atoms. The van der Waals surface area contributed by atoms with E-state index in [-0.39, 0.29) is 0 Å². The fourth-order valence-electron chi connectivity index (χ4n) is 1.88. The molecule has 0 aromatic carbocycles. The lowest BCUT2D eigenvalue weighted by Crippen LogP contribution is -2.29. The van der Waals surface area contributed by atoms with Gasteiger partial charge in [0.05, 0.1) is 18.0 Å². The summed E-state index contributed by atoms with van der Waals surface area (Å²) in [6, 6.07) is 6.00. The van der Waals surface area contributed by atoms with Crippen molar-refractivity contribution in [3.05, 3.63) is 29.6 Å². The average Bonchev–Trinajstić information content (AvgIpc) is 2.45. The topological polar surface area (TPSA) is 60.6 Å². The van der Waals surface area contributed by atoms with Gasteiger partial charge in [0, 0.05) is 47.0 Å². The third kappa shape index (κ3) is 6.63. The summed E-state index contributed by atoms with van der Waals surface area (Å²) >= 11 is 0. The minimum absolute atomic E-state index is 0.482. The van der Waals surface area contributed by atoms with E-state index in [4.69, 9.17) is 15.2 Å². The van der Waals surface area contributed by atoms with Crippen LogP contribution in [0.3, 0.4) is 0 Å². The van der Waals surface area contributed by atoms with Crippen LogP contribution >= 0.6 is 0 Å². The quantitative estimate of drug-likeness (QED) is 0.641. The first-order chi connectivity index (χ1) is 9.30. The molecule has 19 heavy (non-hydrogen) atoms. The van der Waals surface area contributed by atoms with Gasteiger partial charge < -0.3 is 15.2 Å². The zero-order chi connectivity index (χ0) is 13.9. The highest BCUT2D eigenvalue weighted by Crippen LogP contribution is 2.04. The molecule has 0 unspecified atom stereocenters. The van der Waals surface area contributed by atoms with Crippen molar-refractivity contribution in [2.24, 2.45) is 5.73 Å². The van der Waals surface area contributed by atoms with E-state index in [0.717, 1.165) is 50.7 Å². The van der Waals surface area contributed by atoms with Gasteiger partial charge in [0.2, 0.25) is 0 Å². The molecule has 5 nitrogen and oxygen atoms in total. The Labute approximate surface area is 115 Å². The smallest absolute Gasteiger partial charge is 0.0589 e. The molecule has 1 aromatic rings. The van der Waals surface area contributed by atoms with Crippen LogP contribution in [0.15, 0.2) is 18.2 Å². The fraction of sp³-hybridized carbons (Fsp3) is 0.643. The van der Waals surface area contributed by atoms with Crippen LogP contribution in [0.5, 0.6) is 0 Å². The van der Waals surface area contributed by atoms with Crippen molar-refractivity contribution in [3.8, 4) is 0 Å². The number of ether oxygens (including phenoxy) is 2. The molecular weight excluding hydrogens is 242 g/mol. The minimum Gasteiger partial charge on any atom is -0.385 e. The second-order valence-corrected chi connectivity index (χ2v) is 4.44. The van der Waals surface area contributed by atoms with Crippen LogP contribution < -0.4 is 5.73 Å². The number of methoxy groups -OCH3 is 2. The van der Waals surface area contributed by atoms with Gasteiger partial charge in [0.1, 0.15) is 0 Å². The fourth-order valence-corrected chi connectivity index (χ4v) is 1.88. The Balaban J connectivity index is 2.53. The van der Waals surface area contributed by atoms with Crippen molar-refractivity contribution in [1.82, 2.24) is 9.88 Å². The van der Waals surface area contributed by atoms with Crippen LogP contribution in [0.25, 0.3) is 0 Å². The molecule has 108 valence electrons. The van der Waals surface area contributed by atoms with Crippen LogP contribution in [-0.4, -0.2) is 50.4 Å². The molecule has 1 rings (SSSR count). The van der Waals surface area contributed by atoms with Crippen molar-refractivity contribution in [3.63, 3.8) is 0 Å². The van der Waals surface area contributed by atoms with Gasteiger partial charge in [-0.2, -0.15) is 0 Å². The van der Waals surface area contributed by atoms with E-state index in [1.54, 1.807) is 14.2 Å². The maximum atomic E-state index is 5.62. The van der Waals surface area contributed by atoms with Crippen molar-refractivity contribution < 1.29 is 9.47 Å². The van der Waals surface area contributed by atoms with E-state index in [1.807, 2.05) is 18.2 Å². The van der Waals surface area contributed by atoms with Gasteiger partial charge in [0.15, 0.2) is 0 Å². The molecule has 0 amide bonds. The van der Waals surface area contributed by atoms with E-state index < -0.39 is 0 Å². The molecule has 0 fully saturated rings. The highest BCUT2D eigenvalue weighted by atomic mass is 16.5. The van der Waals surface area contributed by atoms with E-state index in [2.05, 4.69) is 9.88 Å². The average molecular weight is 267 g/mol. The number of rotatable bonds is 10. The Hall–Kier alpha value is -1.01. The highest BCUT2D eigenvalue weighted by molar-refractivity contribution is 5.11. The third-order valence-electron chi connectivity index (χ3n) is 2.89. The zero-order valence-corrected chi connectivity index (χ0v) is 12.0. The largest absolute Gasteiger partial charge is 0.385 e. The molecule has 0 radical (unpaired) electrons. The SMILES string of the molecule is COCCCN(CCOC)Cc1cccc(CN)n1. The Morgan fingerprint density at radius 3 is 2.53 bits per heavy atom. The second-order valence-electron chi connectivity index (χ2n) is 4.44. The number of hydrogen-bond acceptors (Lipinski definition) is 5. The molecule has 0 saturated heterocycles. The maximum absolute atomic E-state index is 5.62. The molecular formula is C14H25N3O2. The summed E-state index contributed by atoms with van der Waals surface area (Å²) in [5, 5.41) is 0. The van der Waals surface area contributed by atoms with Crippen molar-refractivity contribution in [2.75, 3.05) is 40.5 Å². The Bertz CT molecular complexity index is 347. The zero-order valence-electron chi connectivity index (χ0n) is 12.0. The Morgan fingerprint density at radius 1 is 1.11 bits per heavy atom. The van der Waals surface area contributed by atoms with Gasteiger partial charge >= 0.3 is 0 Å².